The molecule has 0 amide bonds. The largest absolute Gasteiger partial charge is 0.250 e. The number of aromatic nitrogens is 6. The molecule has 0 radical (unpaired) electrons. The summed E-state index contributed by atoms with van der Waals surface area (Å²) < 4.78 is 3.84. The molecule has 1 N–H and O–H groups in total. The topological polar surface area (TPSA) is 63.8 Å². The normalized spacial score (nSPS) is 11.2. The van der Waals surface area contributed by atoms with Gasteiger partial charge >= 0.3 is 0 Å². The molecule has 0 aliphatic heterocycles. The predicted octanol–water partition coefficient (Wildman–Crippen LogP) is 1.59. The van der Waals surface area contributed by atoms with Gasteiger partial charge in [0.05, 0.1) is 5.69 Å². The Bertz CT molecular complexity index is 750. The maximum absolute atomic E-state index is 5.09. The van der Waals surface area contributed by atoms with Crippen molar-refractivity contribution in [2.75, 3.05) is 0 Å². The molecule has 3 rings (SSSR count). The SMILES string of the molecule is Cc1cc(C)n(-c2ccc3n[nH]c(=S)n3n2)n1. The van der Waals surface area contributed by atoms with Gasteiger partial charge in [0.2, 0.25) is 4.77 Å². The molecule has 0 saturated heterocycles. The smallest absolute Gasteiger partial charge is 0.216 e. The highest BCUT2D eigenvalue weighted by atomic mass is 32.1. The second-order valence-electron chi connectivity index (χ2n) is 3.83. The molecule has 17 heavy (non-hydrogen) atoms. The zero-order valence-corrected chi connectivity index (χ0v) is 10.2. The lowest BCUT2D eigenvalue weighted by atomic mass is 10.4. The number of fused-ring (bicyclic) bond motifs is 1. The van der Waals surface area contributed by atoms with Gasteiger partial charge in [0.15, 0.2) is 11.5 Å². The molecule has 0 unspecified atom stereocenters. The highest BCUT2D eigenvalue weighted by Gasteiger charge is 2.07. The number of hydrogen-bond donors (Lipinski definition) is 1. The van der Waals surface area contributed by atoms with Crippen molar-refractivity contribution in [3.63, 3.8) is 0 Å². The molecule has 6 nitrogen and oxygen atoms in total. The van der Waals surface area contributed by atoms with Crippen molar-refractivity contribution in [1.29, 1.82) is 0 Å². The molecule has 0 aromatic carbocycles. The van der Waals surface area contributed by atoms with Crippen molar-refractivity contribution < 1.29 is 0 Å². The average Bonchev–Trinajstić information content (AvgIpc) is 2.83. The van der Waals surface area contributed by atoms with Gasteiger partial charge in [0.25, 0.3) is 0 Å². The summed E-state index contributed by atoms with van der Waals surface area (Å²) in [7, 11) is 0. The van der Waals surface area contributed by atoms with Crippen LogP contribution < -0.4 is 0 Å². The van der Waals surface area contributed by atoms with Crippen LogP contribution in [0.25, 0.3) is 11.5 Å². The third-order valence-corrected chi connectivity index (χ3v) is 2.75. The van der Waals surface area contributed by atoms with Crippen LogP contribution in [0.1, 0.15) is 11.4 Å². The molecule has 0 bridgehead atoms. The second-order valence-corrected chi connectivity index (χ2v) is 4.22. The fourth-order valence-electron chi connectivity index (χ4n) is 1.77. The fraction of sp³-hybridized carbons (Fsp3) is 0.200. The minimum Gasteiger partial charge on any atom is -0.250 e. The van der Waals surface area contributed by atoms with Crippen LogP contribution in [-0.2, 0) is 0 Å². The summed E-state index contributed by atoms with van der Waals surface area (Å²) in [6.45, 7) is 3.94. The maximum Gasteiger partial charge on any atom is 0.216 e. The van der Waals surface area contributed by atoms with Crippen LogP contribution in [0, 0.1) is 18.6 Å². The highest BCUT2D eigenvalue weighted by Crippen LogP contribution is 2.10. The summed E-state index contributed by atoms with van der Waals surface area (Å²) in [5.74, 6) is 0.723. The van der Waals surface area contributed by atoms with E-state index in [0.29, 0.717) is 10.4 Å². The standard InChI is InChI=1S/C10H10N6S/c1-6-5-7(2)15(13-6)9-4-3-8-11-12-10(17)16(8)14-9/h3-5H,1-2H3,(H,12,17). The highest BCUT2D eigenvalue weighted by molar-refractivity contribution is 7.71. The van der Waals surface area contributed by atoms with E-state index in [2.05, 4.69) is 20.4 Å². The van der Waals surface area contributed by atoms with Crippen LogP contribution in [0.5, 0.6) is 0 Å². The van der Waals surface area contributed by atoms with E-state index in [1.807, 2.05) is 32.0 Å². The van der Waals surface area contributed by atoms with Crippen LogP contribution in [0.15, 0.2) is 18.2 Å². The van der Waals surface area contributed by atoms with Gasteiger partial charge in [-0.3, -0.25) is 0 Å². The Morgan fingerprint density at radius 1 is 1.24 bits per heavy atom. The lowest BCUT2D eigenvalue weighted by Gasteiger charge is -2.02. The van der Waals surface area contributed by atoms with Gasteiger partial charge in [-0.25, -0.2) is 9.78 Å². The maximum atomic E-state index is 5.09. The Labute approximate surface area is 102 Å². The molecule has 0 aliphatic carbocycles. The van der Waals surface area contributed by atoms with Crippen molar-refractivity contribution in [2.45, 2.75) is 13.8 Å². The van der Waals surface area contributed by atoms with Crippen LogP contribution >= 0.6 is 12.2 Å². The Kier molecular flexibility index (Phi) is 2.08. The van der Waals surface area contributed by atoms with Gasteiger partial charge in [-0.15, -0.1) is 5.10 Å². The number of H-pyrrole nitrogens is 1. The van der Waals surface area contributed by atoms with E-state index in [-0.39, 0.29) is 0 Å². The first kappa shape index (κ1) is 10.2. The van der Waals surface area contributed by atoms with Crippen molar-refractivity contribution in [2.24, 2.45) is 0 Å². The quantitative estimate of drug-likeness (QED) is 0.662. The van der Waals surface area contributed by atoms with Crippen LogP contribution in [0.3, 0.4) is 0 Å². The summed E-state index contributed by atoms with van der Waals surface area (Å²) in [6.07, 6.45) is 0. The molecular weight excluding hydrogens is 236 g/mol. The van der Waals surface area contributed by atoms with E-state index < -0.39 is 0 Å². The van der Waals surface area contributed by atoms with E-state index in [0.717, 1.165) is 17.2 Å². The molecule has 3 heterocycles. The summed E-state index contributed by atoms with van der Waals surface area (Å²) >= 11 is 5.09. The van der Waals surface area contributed by atoms with Crippen LogP contribution in [0.4, 0.5) is 0 Å². The molecule has 86 valence electrons. The van der Waals surface area contributed by atoms with E-state index in [1.54, 1.807) is 9.20 Å². The lowest BCUT2D eigenvalue weighted by Crippen LogP contribution is -2.05. The zero-order chi connectivity index (χ0) is 12.0. The minimum atomic E-state index is 0.475. The molecule has 0 saturated carbocycles. The first-order chi connectivity index (χ1) is 8.15. The monoisotopic (exact) mass is 246 g/mol. The number of aromatic amines is 1. The molecule has 3 aromatic rings. The second kappa shape index (κ2) is 3.49. The van der Waals surface area contributed by atoms with Crippen LogP contribution in [-0.4, -0.2) is 29.6 Å². The molecular formula is C10H10N6S. The van der Waals surface area contributed by atoms with E-state index >= 15 is 0 Å². The first-order valence-electron chi connectivity index (χ1n) is 5.13. The molecule has 0 fully saturated rings. The van der Waals surface area contributed by atoms with Crippen molar-refractivity contribution in [1.82, 2.24) is 29.6 Å². The predicted molar refractivity (Wildman–Crippen MR) is 64.8 cm³/mol. The number of nitrogens with zero attached hydrogens (tertiary/aromatic N) is 5. The zero-order valence-electron chi connectivity index (χ0n) is 9.38. The summed E-state index contributed by atoms with van der Waals surface area (Å²) in [5.41, 5.74) is 2.69. The average molecular weight is 246 g/mol. The Morgan fingerprint density at radius 2 is 2.06 bits per heavy atom. The Hall–Kier alpha value is -2.02. The number of rotatable bonds is 1. The van der Waals surface area contributed by atoms with Crippen LogP contribution in [0.2, 0.25) is 0 Å². The van der Waals surface area contributed by atoms with E-state index in [4.69, 9.17) is 12.2 Å². The molecule has 3 aromatic heterocycles. The van der Waals surface area contributed by atoms with E-state index in [1.165, 1.54) is 0 Å². The van der Waals surface area contributed by atoms with Gasteiger partial charge < -0.3 is 0 Å². The first-order valence-corrected chi connectivity index (χ1v) is 5.54. The van der Waals surface area contributed by atoms with Gasteiger partial charge in [-0.2, -0.15) is 14.7 Å². The number of nitrogens with one attached hydrogen (secondary N) is 1. The third-order valence-electron chi connectivity index (χ3n) is 2.49. The van der Waals surface area contributed by atoms with Crippen molar-refractivity contribution in [3.8, 4) is 5.82 Å². The molecule has 0 aliphatic rings. The molecule has 7 heteroatoms. The Morgan fingerprint density at radius 3 is 2.76 bits per heavy atom. The summed E-state index contributed by atoms with van der Waals surface area (Å²) in [6, 6.07) is 5.72. The van der Waals surface area contributed by atoms with Crippen molar-refractivity contribution >= 4 is 17.9 Å². The third kappa shape index (κ3) is 1.55. The van der Waals surface area contributed by atoms with Gasteiger partial charge in [-0.05, 0) is 44.3 Å². The summed E-state index contributed by atoms with van der Waals surface area (Å²) in [5, 5.41) is 15.5. The Balaban J connectivity index is 2.27. The molecule has 0 spiro atoms. The summed E-state index contributed by atoms with van der Waals surface area (Å²) in [4.78, 5) is 0. The fourth-order valence-corrected chi connectivity index (χ4v) is 1.95. The number of hydrogen-bond acceptors (Lipinski definition) is 4. The van der Waals surface area contributed by atoms with E-state index in [9.17, 15) is 0 Å². The van der Waals surface area contributed by atoms with Crippen molar-refractivity contribution in [3.05, 3.63) is 34.4 Å². The van der Waals surface area contributed by atoms with Gasteiger partial charge in [-0.1, -0.05) is 0 Å². The van der Waals surface area contributed by atoms with Gasteiger partial charge in [0, 0.05) is 5.69 Å². The minimum absolute atomic E-state index is 0.475. The number of aryl methyl sites for hydroxylation is 2. The van der Waals surface area contributed by atoms with Gasteiger partial charge in [0.1, 0.15) is 0 Å². The molecule has 0 atom stereocenters. The lowest BCUT2D eigenvalue weighted by molar-refractivity contribution is 0.762.